The Morgan fingerprint density at radius 3 is 2.57 bits per heavy atom. The van der Waals surface area contributed by atoms with E-state index in [0.29, 0.717) is 23.3 Å². The Bertz CT molecular complexity index is 535. The maximum absolute atomic E-state index is 11.5. The first-order valence-electron chi connectivity index (χ1n) is 7.46. The molecular formula is C15H21N3O3. The van der Waals surface area contributed by atoms with Crippen LogP contribution in [0.4, 0.5) is 11.4 Å². The van der Waals surface area contributed by atoms with Gasteiger partial charge in [0.1, 0.15) is 5.69 Å². The number of fused-ring (bicyclic) bond motifs is 1. The van der Waals surface area contributed by atoms with Crippen LogP contribution in [0.2, 0.25) is 0 Å². The van der Waals surface area contributed by atoms with Crippen molar-refractivity contribution >= 4 is 11.4 Å². The molecule has 2 aliphatic rings. The molecule has 0 bridgehead atoms. The van der Waals surface area contributed by atoms with Gasteiger partial charge in [0, 0.05) is 26.2 Å². The quantitative estimate of drug-likeness (QED) is 0.679. The highest BCUT2D eigenvalue weighted by atomic mass is 16.6. The molecule has 0 spiro atoms. The highest BCUT2D eigenvalue weighted by molar-refractivity contribution is 5.70. The summed E-state index contributed by atoms with van der Waals surface area (Å²) < 4.78 is 5.62. The van der Waals surface area contributed by atoms with Gasteiger partial charge in [-0.1, -0.05) is 6.07 Å². The second kappa shape index (κ2) is 5.52. The lowest BCUT2D eigenvalue weighted by molar-refractivity contribution is -0.385. The largest absolute Gasteiger partial charge is 0.484 e. The van der Waals surface area contributed by atoms with E-state index in [9.17, 15) is 10.1 Å². The van der Waals surface area contributed by atoms with E-state index in [4.69, 9.17) is 4.74 Å². The minimum absolute atomic E-state index is 0.0823. The normalized spacial score (nSPS) is 24.4. The summed E-state index contributed by atoms with van der Waals surface area (Å²) in [7, 11) is 0. The summed E-state index contributed by atoms with van der Waals surface area (Å²) in [6.07, 6.45) is -0.0823. The van der Waals surface area contributed by atoms with Crippen LogP contribution >= 0.6 is 0 Å². The van der Waals surface area contributed by atoms with Gasteiger partial charge in [-0.3, -0.25) is 10.1 Å². The smallest absolute Gasteiger partial charge is 0.333 e. The molecule has 2 heterocycles. The molecule has 0 aromatic heterocycles. The minimum atomic E-state index is -0.320. The summed E-state index contributed by atoms with van der Waals surface area (Å²) in [4.78, 5) is 13.3. The van der Waals surface area contributed by atoms with Crippen molar-refractivity contribution in [2.24, 2.45) is 11.8 Å². The first-order valence-corrected chi connectivity index (χ1v) is 7.46. The SMILES string of the molecule is CC(C)Oc1cccc(N2CC3CNCC3C2)c1[N+](=O)[O-]. The molecule has 6 heteroatoms. The molecule has 2 atom stereocenters. The molecule has 3 rings (SSSR count). The zero-order valence-electron chi connectivity index (χ0n) is 12.4. The number of nitro benzene ring substituents is 1. The molecule has 0 amide bonds. The zero-order chi connectivity index (χ0) is 15.0. The number of anilines is 1. The maximum Gasteiger partial charge on any atom is 0.333 e. The number of rotatable bonds is 4. The van der Waals surface area contributed by atoms with E-state index in [1.807, 2.05) is 26.0 Å². The third kappa shape index (κ3) is 2.68. The lowest BCUT2D eigenvalue weighted by Gasteiger charge is -2.21. The molecule has 2 fully saturated rings. The molecule has 21 heavy (non-hydrogen) atoms. The molecule has 1 aromatic rings. The number of benzene rings is 1. The topological polar surface area (TPSA) is 67.6 Å². The second-order valence-corrected chi connectivity index (χ2v) is 6.13. The Kier molecular flexibility index (Phi) is 3.71. The van der Waals surface area contributed by atoms with Gasteiger partial charge in [-0.15, -0.1) is 0 Å². The van der Waals surface area contributed by atoms with Gasteiger partial charge in [0.15, 0.2) is 5.75 Å². The number of nitrogens with one attached hydrogen (secondary N) is 1. The van der Waals surface area contributed by atoms with Crippen molar-refractivity contribution in [3.05, 3.63) is 28.3 Å². The van der Waals surface area contributed by atoms with Crippen LogP contribution in [0.1, 0.15) is 13.8 Å². The summed E-state index contributed by atoms with van der Waals surface area (Å²) >= 11 is 0. The molecular weight excluding hydrogens is 270 g/mol. The van der Waals surface area contributed by atoms with Crippen LogP contribution in [0.5, 0.6) is 5.75 Å². The molecule has 1 N–H and O–H groups in total. The summed E-state index contributed by atoms with van der Waals surface area (Å²) in [5.41, 5.74) is 0.784. The van der Waals surface area contributed by atoms with Gasteiger partial charge < -0.3 is 15.0 Å². The molecule has 1 aromatic carbocycles. The Morgan fingerprint density at radius 2 is 2.00 bits per heavy atom. The van der Waals surface area contributed by atoms with Crippen molar-refractivity contribution in [3.8, 4) is 5.75 Å². The molecule has 2 aliphatic heterocycles. The van der Waals surface area contributed by atoms with E-state index >= 15 is 0 Å². The van der Waals surface area contributed by atoms with Gasteiger partial charge in [-0.25, -0.2) is 0 Å². The molecule has 2 saturated heterocycles. The average Bonchev–Trinajstić information content (AvgIpc) is 2.97. The standard InChI is InChI=1S/C15H21N3O3/c1-10(2)21-14-5-3-4-13(15(14)18(19)20)17-8-11-6-16-7-12(11)9-17/h3-5,10-12,16H,6-9H2,1-2H3. The summed E-state index contributed by atoms with van der Waals surface area (Å²) in [6, 6.07) is 5.35. The third-order valence-corrected chi connectivity index (χ3v) is 4.25. The van der Waals surface area contributed by atoms with E-state index in [2.05, 4.69) is 10.2 Å². The van der Waals surface area contributed by atoms with Gasteiger partial charge in [0.2, 0.25) is 0 Å². The molecule has 6 nitrogen and oxygen atoms in total. The lowest BCUT2D eigenvalue weighted by Crippen LogP contribution is -2.26. The fraction of sp³-hybridized carbons (Fsp3) is 0.600. The number of ether oxygens (including phenoxy) is 1. The van der Waals surface area contributed by atoms with Gasteiger partial charge in [-0.2, -0.15) is 0 Å². The number of hydrogen-bond donors (Lipinski definition) is 1. The van der Waals surface area contributed by atoms with Gasteiger partial charge in [0.25, 0.3) is 0 Å². The van der Waals surface area contributed by atoms with Crippen molar-refractivity contribution < 1.29 is 9.66 Å². The van der Waals surface area contributed by atoms with Crippen molar-refractivity contribution in [2.75, 3.05) is 31.1 Å². The number of para-hydroxylation sites is 1. The summed E-state index contributed by atoms with van der Waals surface area (Å²) in [5, 5.41) is 14.9. The fourth-order valence-corrected chi connectivity index (χ4v) is 3.35. The van der Waals surface area contributed by atoms with Crippen LogP contribution in [-0.4, -0.2) is 37.2 Å². The Labute approximate surface area is 124 Å². The third-order valence-electron chi connectivity index (χ3n) is 4.25. The minimum Gasteiger partial charge on any atom is -0.484 e. The predicted molar refractivity (Wildman–Crippen MR) is 80.9 cm³/mol. The Balaban J connectivity index is 1.92. The molecule has 0 radical (unpaired) electrons. The van der Waals surface area contributed by atoms with Crippen LogP contribution in [0.3, 0.4) is 0 Å². The summed E-state index contributed by atoms with van der Waals surface area (Å²) in [5.74, 6) is 1.56. The van der Waals surface area contributed by atoms with Gasteiger partial charge in [-0.05, 0) is 37.8 Å². The number of nitro groups is 1. The molecule has 114 valence electrons. The first-order chi connectivity index (χ1) is 10.1. The summed E-state index contributed by atoms with van der Waals surface area (Å²) in [6.45, 7) is 7.53. The maximum atomic E-state index is 11.5. The van der Waals surface area contributed by atoms with Crippen molar-refractivity contribution in [3.63, 3.8) is 0 Å². The van der Waals surface area contributed by atoms with Gasteiger partial charge >= 0.3 is 5.69 Å². The number of hydrogen-bond acceptors (Lipinski definition) is 5. The van der Waals surface area contributed by atoms with Crippen LogP contribution in [0.25, 0.3) is 0 Å². The van der Waals surface area contributed by atoms with E-state index in [1.54, 1.807) is 6.07 Å². The van der Waals surface area contributed by atoms with Crippen LogP contribution in [0.15, 0.2) is 18.2 Å². The predicted octanol–water partition coefficient (Wildman–Crippen LogP) is 2.04. The second-order valence-electron chi connectivity index (χ2n) is 6.13. The zero-order valence-corrected chi connectivity index (χ0v) is 12.4. The highest BCUT2D eigenvalue weighted by Gasteiger charge is 2.38. The highest BCUT2D eigenvalue weighted by Crippen LogP contribution is 2.41. The molecule has 0 aliphatic carbocycles. The van der Waals surface area contributed by atoms with Crippen LogP contribution in [0, 0.1) is 22.0 Å². The Hall–Kier alpha value is -1.82. The van der Waals surface area contributed by atoms with Gasteiger partial charge in [0.05, 0.1) is 11.0 Å². The van der Waals surface area contributed by atoms with E-state index in [0.717, 1.165) is 26.2 Å². The number of nitrogens with zero attached hydrogens (tertiary/aromatic N) is 2. The fourth-order valence-electron chi connectivity index (χ4n) is 3.35. The molecule has 0 saturated carbocycles. The van der Waals surface area contributed by atoms with Crippen molar-refractivity contribution in [1.82, 2.24) is 5.32 Å². The van der Waals surface area contributed by atoms with E-state index < -0.39 is 0 Å². The monoisotopic (exact) mass is 291 g/mol. The lowest BCUT2D eigenvalue weighted by atomic mass is 10.0. The van der Waals surface area contributed by atoms with Crippen molar-refractivity contribution in [2.45, 2.75) is 20.0 Å². The molecule has 2 unspecified atom stereocenters. The Morgan fingerprint density at radius 1 is 1.33 bits per heavy atom. The van der Waals surface area contributed by atoms with Crippen molar-refractivity contribution in [1.29, 1.82) is 0 Å². The first kappa shape index (κ1) is 14.1. The van der Waals surface area contributed by atoms with E-state index in [1.165, 1.54) is 0 Å². The van der Waals surface area contributed by atoms with E-state index in [-0.39, 0.29) is 16.7 Å². The van der Waals surface area contributed by atoms with Crippen LogP contribution < -0.4 is 15.0 Å². The average molecular weight is 291 g/mol. The van der Waals surface area contributed by atoms with Crippen LogP contribution in [-0.2, 0) is 0 Å².